The second kappa shape index (κ2) is 4.69. The topological polar surface area (TPSA) is 45.1 Å². The number of ether oxygens (including phenoxy) is 1. The Morgan fingerprint density at radius 3 is 2.53 bits per heavy atom. The highest BCUT2D eigenvalue weighted by molar-refractivity contribution is 5.58. The van der Waals surface area contributed by atoms with E-state index < -0.39 is 0 Å². The molecule has 1 heterocycles. The summed E-state index contributed by atoms with van der Waals surface area (Å²) in [5, 5.41) is 2.82. The van der Waals surface area contributed by atoms with E-state index in [2.05, 4.69) is 5.18 Å². The van der Waals surface area contributed by atoms with Crippen LogP contribution in [0.15, 0.2) is 53.9 Å². The standard InChI is InChI=1S/C12H13N3O2/c1-14-7-8-15(12(14)9-13-16)10-3-5-11(17-2)6-4-10/h3-9H,1-2H3. The summed E-state index contributed by atoms with van der Waals surface area (Å²) in [7, 11) is 3.48. The van der Waals surface area contributed by atoms with Crippen LogP contribution in [0.3, 0.4) is 0 Å². The highest BCUT2D eigenvalue weighted by Gasteiger charge is 2.18. The Labute approximate surface area is 99.6 Å². The average Bonchev–Trinajstić information content (AvgIpc) is 2.72. The predicted molar refractivity (Wildman–Crippen MR) is 66.3 cm³/mol. The van der Waals surface area contributed by atoms with Crippen LogP contribution in [0.25, 0.3) is 0 Å². The molecular weight excluding hydrogens is 218 g/mol. The van der Waals surface area contributed by atoms with Crippen molar-refractivity contribution in [1.29, 1.82) is 0 Å². The van der Waals surface area contributed by atoms with E-state index in [1.165, 1.54) is 6.20 Å². The van der Waals surface area contributed by atoms with E-state index in [1.54, 1.807) is 7.11 Å². The van der Waals surface area contributed by atoms with E-state index in [9.17, 15) is 4.91 Å². The maximum atomic E-state index is 10.4. The van der Waals surface area contributed by atoms with Gasteiger partial charge in [-0.15, -0.1) is 4.91 Å². The van der Waals surface area contributed by atoms with Crippen LogP contribution in [0.2, 0.25) is 0 Å². The second-order valence-electron chi connectivity index (χ2n) is 3.57. The van der Waals surface area contributed by atoms with Crippen molar-refractivity contribution in [3.05, 3.63) is 53.6 Å². The maximum Gasteiger partial charge on any atom is 0.139 e. The van der Waals surface area contributed by atoms with Gasteiger partial charge in [-0.2, -0.15) is 0 Å². The molecule has 0 saturated heterocycles. The molecule has 1 aromatic carbocycles. The van der Waals surface area contributed by atoms with Gasteiger partial charge in [-0.1, -0.05) is 0 Å². The molecule has 0 saturated carbocycles. The molecule has 0 fully saturated rings. The fourth-order valence-corrected chi connectivity index (χ4v) is 1.65. The molecule has 0 amide bonds. The zero-order valence-corrected chi connectivity index (χ0v) is 9.70. The van der Waals surface area contributed by atoms with E-state index in [0.29, 0.717) is 5.82 Å². The normalized spacial score (nSPS) is 16.7. The monoisotopic (exact) mass is 231 g/mol. The first-order chi connectivity index (χ1) is 8.26. The fraction of sp³-hybridized carbons (Fsp3) is 0.167. The zero-order chi connectivity index (χ0) is 12.3. The van der Waals surface area contributed by atoms with Gasteiger partial charge in [0.25, 0.3) is 0 Å². The largest absolute Gasteiger partial charge is 0.497 e. The van der Waals surface area contributed by atoms with E-state index in [1.807, 2.05) is 53.5 Å². The third kappa shape index (κ3) is 2.13. The van der Waals surface area contributed by atoms with Crippen LogP contribution < -0.4 is 9.64 Å². The summed E-state index contributed by atoms with van der Waals surface area (Å²) < 4.78 is 5.10. The summed E-state index contributed by atoms with van der Waals surface area (Å²) in [5.41, 5.74) is 0.946. The Morgan fingerprint density at radius 2 is 1.94 bits per heavy atom. The van der Waals surface area contributed by atoms with Gasteiger partial charge in [-0.25, -0.2) is 0 Å². The van der Waals surface area contributed by atoms with Crippen LogP contribution >= 0.6 is 0 Å². The van der Waals surface area contributed by atoms with E-state index in [0.717, 1.165) is 11.4 Å². The molecule has 5 nitrogen and oxygen atoms in total. The highest BCUT2D eigenvalue weighted by atomic mass is 16.5. The van der Waals surface area contributed by atoms with Crippen molar-refractivity contribution in [2.75, 3.05) is 19.1 Å². The molecule has 88 valence electrons. The van der Waals surface area contributed by atoms with Crippen molar-refractivity contribution in [3.8, 4) is 5.75 Å². The van der Waals surface area contributed by atoms with Crippen molar-refractivity contribution < 1.29 is 4.74 Å². The number of nitrogens with zero attached hydrogens (tertiary/aromatic N) is 3. The summed E-state index contributed by atoms with van der Waals surface area (Å²) in [6.45, 7) is 0. The number of nitroso groups, excluding NO2 is 1. The number of hydrogen-bond acceptors (Lipinski definition) is 5. The molecule has 0 radical (unpaired) electrons. The van der Waals surface area contributed by atoms with Crippen molar-refractivity contribution >= 4 is 5.69 Å². The Morgan fingerprint density at radius 1 is 1.24 bits per heavy atom. The summed E-state index contributed by atoms with van der Waals surface area (Å²) in [5.74, 6) is 1.51. The molecule has 0 atom stereocenters. The lowest BCUT2D eigenvalue weighted by Gasteiger charge is -2.21. The van der Waals surface area contributed by atoms with Gasteiger partial charge in [0.15, 0.2) is 0 Å². The minimum atomic E-state index is 0.713. The van der Waals surface area contributed by atoms with Crippen molar-refractivity contribution in [2.24, 2.45) is 5.18 Å². The first-order valence-electron chi connectivity index (χ1n) is 5.13. The molecular formula is C12H13N3O2. The van der Waals surface area contributed by atoms with Crippen LogP contribution in [0.1, 0.15) is 0 Å². The molecule has 0 spiro atoms. The van der Waals surface area contributed by atoms with Crippen molar-refractivity contribution in [1.82, 2.24) is 4.90 Å². The minimum Gasteiger partial charge on any atom is -0.497 e. The van der Waals surface area contributed by atoms with Gasteiger partial charge in [-0.05, 0) is 29.4 Å². The van der Waals surface area contributed by atoms with Crippen molar-refractivity contribution in [3.63, 3.8) is 0 Å². The predicted octanol–water partition coefficient (Wildman–Crippen LogP) is 2.48. The van der Waals surface area contributed by atoms with Gasteiger partial charge in [0, 0.05) is 25.1 Å². The van der Waals surface area contributed by atoms with Crippen LogP contribution in [-0.2, 0) is 0 Å². The van der Waals surface area contributed by atoms with Crippen LogP contribution in [0.4, 0.5) is 5.69 Å². The molecule has 5 heteroatoms. The number of anilines is 1. The smallest absolute Gasteiger partial charge is 0.139 e. The molecule has 0 N–H and O–H groups in total. The van der Waals surface area contributed by atoms with Gasteiger partial charge >= 0.3 is 0 Å². The quantitative estimate of drug-likeness (QED) is 0.750. The van der Waals surface area contributed by atoms with Crippen LogP contribution in [-0.4, -0.2) is 19.1 Å². The Bertz CT molecular complexity index is 465. The molecule has 1 aromatic rings. The van der Waals surface area contributed by atoms with E-state index in [4.69, 9.17) is 4.74 Å². The lowest BCUT2D eigenvalue weighted by molar-refractivity contribution is 0.415. The second-order valence-corrected chi connectivity index (χ2v) is 3.57. The highest BCUT2D eigenvalue weighted by Crippen LogP contribution is 2.27. The molecule has 2 rings (SSSR count). The Hall–Kier alpha value is -2.30. The number of rotatable bonds is 3. The van der Waals surface area contributed by atoms with E-state index in [-0.39, 0.29) is 0 Å². The number of methoxy groups -OCH3 is 1. The van der Waals surface area contributed by atoms with Gasteiger partial charge in [0.1, 0.15) is 17.8 Å². The summed E-state index contributed by atoms with van der Waals surface area (Å²) >= 11 is 0. The summed E-state index contributed by atoms with van der Waals surface area (Å²) in [4.78, 5) is 14.1. The molecule has 0 bridgehead atoms. The SMILES string of the molecule is COc1ccc(N2C=CN(C)C2=CN=O)cc1. The summed E-state index contributed by atoms with van der Waals surface area (Å²) in [6, 6.07) is 7.57. The number of hydrogen-bond donors (Lipinski definition) is 0. The molecule has 17 heavy (non-hydrogen) atoms. The third-order valence-corrected chi connectivity index (χ3v) is 2.57. The number of benzene rings is 1. The molecule has 1 aliphatic heterocycles. The molecule has 0 aromatic heterocycles. The molecule has 0 unspecified atom stereocenters. The van der Waals surface area contributed by atoms with Crippen molar-refractivity contribution in [2.45, 2.75) is 0 Å². The minimum absolute atomic E-state index is 0.713. The first-order valence-corrected chi connectivity index (χ1v) is 5.13. The first kappa shape index (κ1) is 11.2. The molecule has 0 aliphatic carbocycles. The Balaban J connectivity index is 2.29. The maximum absolute atomic E-state index is 10.4. The molecule has 1 aliphatic rings. The van der Waals surface area contributed by atoms with E-state index >= 15 is 0 Å². The zero-order valence-electron chi connectivity index (χ0n) is 9.70. The summed E-state index contributed by atoms with van der Waals surface area (Å²) in [6.07, 6.45) is 5.02. The van der Waals surface area contributed by atoms with Gasteiger partial charge in [0.05, 0.1) is 7.11 Å². The average molecular weight is 231 g/mol. The van der Waals surface area contributed by atoms with Gasteiger partial charge in [-0.3, -0.25) is 0 Å². The van der Waals surface area contributed by atoms with Gasteiger partial charge < -0.3 is 14.5 Å². The Kier molecular flexibility index (Phi) is 3.09. The van der Waals surface area contributed by atoms with Crippen LogP contribution in [0.5, 0.6) is 5.75 Å². The third-order valence-electron chi connectivity index (χ3n) is 2.57. The van der Waals surface area contributed by atoms with Crippen LogP contribution in [0, 0.1) is 4.91 Å². The van der Waals surface area contributed by atoms with Gasteiger partial charge in [0.2, 0.25) is 0 Å². The lowest BCUT2D eigenvalue weighted by atomic mass is 10.3. The lowest BCUT2D eigenvalue weighted by Crippen LogP contribution is -2.19. The fourth-order valence-electron chi connectivity index (χ4n) is 1.65.